The number of nitrogens with zero attached hydrogens (tertiary/aromatic N) is 2. The molecule has 0 saturated carbocycles. The molecule has 2 rings (SSSR count). The van der Waals surface area contributed by atoms with Crippen molar-refractivity contribution in [3.05, 3.63) is 34.3 Å². The Hall–Kier alpha value is -1.36. The fraction of sp³-hybridized carbons (Fsp3) is 0.111. The summed E-state index contributed by atoms with van der Waals surface area (Å²) in [6.45, 7) is 1.77. The van der Waals surface area contributed by atoms with E-state index in [2.05, 4.69) is 20.9 Å². The van der Waals surface area contributed by atoms with Gasteiger partial charge in [0.15, 0.2) is 0 Å². The SMILES string of the molecule is Cc1nc(Br)c2cccc(C(=O)O)n12. The van der Waals surface area contributed by atoms with E-state index in [1.165, 1.54) is 0 Å². The zero-order valence-corrected chi connectivity index (χ0v) is 8.95. The summed E-state index contributed by atoms with van der Waals surface area (Å²) >= 11 is 3.28. The molecule has 0 aromatic carbocycles. The molecule has 0 aliphatic rings. The minimum absolute atomic E-state index is 0.221. The van der Waals surface area contributed by atoms with Gasteiger partial charge in [-0.05, 0) is 35.0 Å². The summed E-state index contributed by atoms with van der Waals surface area (Å²) in [7, 11) is 0. The molecule has 72 valence electrons. The van der Waals surface area contributed by atoms with Crippen molar-refractivity contribution in [3.8, 4) is 0 Å². The molecule has 0 aliphatic carbocycles. The predicted octanol–water partition coefficient (Wildman–Crippen LogP) is 2.10. The van der Waals surface area contributed by atoms with Gasteiger partial charge in [0.1, 0.15) is 16.1 Å². The van der Waals surface area contributed by atoms with Crippen molar-refractivity contribution in [2.24, 2.45) is 0 Å². The quantitative estimate of drug-likeness (QED) is 0.848. The van der Waals surface area contributed by atoms with Gasteiger partial charge < -0.3 is 5.11 Å². The first kappa shape index (κ1) is 9.21. The molecule has 2 aromatic rings. The third-order valence-electron chi connectivity index (χ3n) is 2.00. The molecule has 14 heavy (non-hydrogen) atoms. The molecule has 5 heteroatoms. The maximum atomic E-state index is 10.9. The Morgan fingerprint density at radius 2 is 2.29 bits per heavy atom. The third kappa shape index (κ3) is 1.21. The van der Waals surface area contributed by atoms with Crippen molar-refractivity contribution in [1.29, 1.82) is 0 Å². The highest BCUT2D eigenvalue weighted by molar-refractivity contribution is 9.10. The molecule has 0 saturated heterocycles. The van der Waals surface area contributed by atoms with Crippen LogP contribution in [-0.2, 0) is 0 Å². The monoisotopic (exact) mass is 254 g/mol. The third-order valence-corrected chi connectivity index (χ3v) is 2.59. The number of aryl methyl sites for hydroxylation is 1. The first-order valence-electron chi connectivity index (χ1n) is 3.98. The minimum atomic E-state index is -0.955. The van der Waals surface area contributed by atoms with E-state index in [9.17, 15) is 4.79 Å². The summed E-state index contributed by atoms with van der Waals surface area (Å²) in [4.78, 5) is 15.1. The van der Waals surface area contributed by atoms with Crippen LogP contribution in [-0.4, -0.2) is 20.5 Å². The topological polar surface area (TPSA) is 54.6 Å². The number of carboxylic acids is 1. The van der Waals surface area contributed by atoms with E-state index < -0.39 is 5.97 Å². The molecule has 0 fully saturated rings. The predicted molar refractivity (Wildman–Crippen MR) is 54.6 cm³/mol. The average molecular weight is 255 g/mol. The van der Waals surface area contributed by atoms with Crippen LogP contribution < -0.4 is 0 Å². The smallest absolute Gasteiger partial charge is 0.352 e. The Balaban J connectivity index is 2.92. The maximum Gasteiger partial charge on any atom is 0.352 e. The zero-order valence-electron chi connectivity index (χ0n) is 7.36. The molecule has 0 unspecified atom stereocenters. The second-order valence-electron chi connectivity index (χ2n) is 2.89. The number of imidazole rings is 1. The molecule has 0 amide bonds. The lowest BCUT2D eigenvalue weighted by atomic mass is 10.3. The van der Waals surface area contributed by atoms with Gasteiger partial charge in [0, 0.05) is 0 Å². The molecule has 2 aromatic heterocycles. The van der Waals surface area contributed by atoms with Gasteiger partial charge in [-0.3, -0.25) is 4.40 Å². The molecule has 0 bridgehead atoms. The Labute approximate surface area is 88.3 Å². The molecule has 4 nitrogen and oxygen atoms in total. The van der Waals surface area contributed by atoms with Gasteiger partial charge in [-0.15, -0.1) is 0 Å². The largest absolute Gasteiger partial charge is 0.477 e. The number of hydrogen-bond acceptors (Lipinski definition) is 2. The lowest BCUT2D eigenvalue weighted by Crippen LogP contribution is -2.05. The van der Waals surface area contributed by atoms with E-state index in [-0.39, 0.29) is 5.69 Å². The van der Waals surface area contributed by atoms with E-state index in [0.29, 0.717) is 10.4 Å². The number of carboxylic acid groups (broad SMARTS) is 1. The highest BCUT2D eigenvalue weighted by atomic mass is 79.9. The molecule has 1 N–H and O–H groups in total. The Bertz CT molecular complexity index is 519. The van der Waals surface area contributed by atoms with Gasteiger partial charge in [0.2, 0.25) is 0 Å². The number of carbonyl (C=O) groups is 1. The first-order valence-corrected chi connectivity index (χ1v) is 4.77. The zero-order chi connectivity index (χ0) is 10.3. The van der Waals surface area contributed by atoms with E-state index >= 15 is 0 Å². The highest BCUT2D eigenvalue weighted by Crippen LogP contribution is 2.20. The second kappa shape index (κ2) is 3.09. The van der Waals surface area contributed by atoms with E-state index in [1.807, 2.05) is 6.07 Å². The Morgan fingerprint density at radius 1 is 1.57 bits per heavy atom. The van der Waals surface area contributed by atoms with Crippen molar-refractivity contribution >= 4 is 27.4 Å². The van der Waals surface area contributed by atoms with E-state index in [4.69, 9.17) is 5.11 Å². The molecule has 0 aliphatic heterocycles. The van der Waals surface area contributed by atoms with Crippen LogP contribution in [0.5, 0.6) is 0 Å². The second-order valence-corrected chi connectivity index (χ2v) is 3.64. The van der Waals surface area contributed by atoms with Crippen molar-refractivity contribution in [3.63, 3.8) is 0 Å². The molecule has 0 radical (unpaired) electrons. The fourth-order valence-corrected chi connectivity index (χ4v) is 2.00. The summed E-state index contributed by atoms with van der Waals surface area (Å²) in [6, 6.07) is 5.07. The van der Waals surface area contributed by atoms with Gasteiger partial charge in [0.25, 0.3) is 0 Å². The molecular formula is C9H7BrN2O2. The maximum absolute atomic E-state index is 10.9. The molecule has 0 atom stereocenters. The van der Waals surface area contributed by atoms with Gasteiger partial charge in [-0.25, -0.2) is 9.78 Å². The molecular weight excluding hydrogens is 248 g/mol. The lowest BCUT2D eigenvalue weighted by molar-refractivity contribution is 0.0688. The summed E-state index contributed by atoms with van der Waals surface area (Å²) in [5.41, 5.74) is 0.987. The van der Waals surface area contributed by atoms with Crippen LogP contribution in [0.15, 0.2) is 22.8 Å². The van der Waals surface area contributed by atoms with Gasteiger partial charge >= 0.3 is 5.97 Å². The number of fused-ring (bicyclic) bond motifs is 1. The summed E-state index contributed by atoms with van der Waals surface area (Å²) in [6.07, 6.45) is 0. The van der Waals surface area contributed by atoms with Gasteiger partial charge in [-0.1, -0.05) is 6.07 Å². The normalized spacial score (nSPS) is 10.7. The van der Waals surface area contributed by atoms with Gasteiger partial charge in [-0.2, -0.15) is 0 Å². The number of rotatable bonds is 1. The van der Waals surface area contributed by atoms with E-state index in [0.717, 1.165) is 5.52 Å². The fourth-order valence-electron chi connectivity index (χ4n) is 1.44. The number of halogens is 1. The van der Waals surface area contributed by atoms with E-state index in [1.54, 1.807) is 23.5 Å². The van der Waals surface area contributed by atoms with Crippen LogP contribution in [0.25, 0.3) is 5.52 Å². The van der Waals surface area contributed by atoms with Crippen molar-refractivity contribution < 1.29 is 9.90 Å². The standard InChI is InChI=1S/C9H7BrN2O2/c1-5-11-8(10)6-3-2-4-7(9(13)14)12(5)6/h2-4H,1H3,(H,13,14). The summed E-state index contributed by atoms with van der Waals surface area (Å²) in [5, 5.41) is 8.95. The number of aromatic carboxylic acids is 1. The highest BCUT2D eigenvalue weighted by Gasteiger charge is 2.12. The lowest BCUT2D eigenvalue weighted by Gasteiger charge is -2.01. The minimum Gasteiger partial charge on any atom is -0.477 e. The Morgan fingerprint density at radius 3 is 2.93 bits per heavy atom. The molecule has 2 heterocycles. The van der Waals surface area contributed by atoms with Crippen LogP contribution in [0, 0.1) is 6.92 Å². The van der Waals surface area contributed by atoms with Crippen LogP contribution in [0.4, 0.5) is 0 Å². The van der Waals surface area contributed by atoms with Crippen LogP contribution >= 0.6 is 15.9 Å². The Kier molecular flexibility index (Phi) is 2.03. The van der Waals surface area contributed by atoms with Gasteiger partial charge in [0.05, 0.1) is 5.52 Å². The van der Waals surface area contributed by atoms with Crippen LogP contribution in [0.1, 0.15) is 16.3 Å². The van der Waals surface area contributed by atoms with Crippen molar-refractivity contribution in [2.45, 2.75) is 6.92 Å². The summed E-state index contributed by atoms with van der Waals surface area (Å²) in [5.74, 6) is -0.298. The first-order chi connectivity index (χ1) is 6.61. The van der Waals surface area contributed by atoms with Crippen LogP contribution in [0.2, 0.25) is 0 Å². The van der Waals surface area contributed by atoms with Crippen LogP contribution in [0.3, 0.4) is 0 Å². The molecule has 0 spiro atoms. The van der Waals surface area contributed by atoms with Crippen molar-refractivity contribution in [2.75, 3.05) is 0 Å². The number of aromatic nitrogens is 2. The average Bonchev–Trinajstić information content (AvgIpc) is 2.43. The van der Waals surface area contributed by atoms with Crippen molar-refractivity contribution in [1.82, 2.24) is 9.38 Å². The summed E-state index contributed by atoms with van der Waals surface area (Å²) < 4.78 is 2.27. The number of hydrogen-bond donors (Lipinski definition) is 1. The number of pyridine rings is 1.